The number of anilines is 1. The molecule has 176 valence electrons. The number of ether oxygens (including phenoxy) is 2. The van der Waals surface area contributed by atoms with Crippen LogP contribution in [0, 0.1) is 0 Å². The first-order valence-corrected chi connectivity index (χ1v) is 11.2. The minimum atomic E-state index is 0. The lowest BCUT2D eigenvalue weighted by molar-refractivity contribution is 0.354. The van der Waals surface area contributed by atoms with E-state index in [-0.39, 0.29) is 24.0 Å². The Hall–Kier alpha value is -2.23. The normalized spacial score (nSPS) is 14.2. The second-order valence-corrected chi connectivity index (χ2v) is 7.66. The zero-order valence-corrected chi connectivity index (χ0v) is 21.7. The average Bonchev–Trinajstić information content (AvgIpc) is 3.10. The van der Waals surface area contributed by atoms with Crippen LogP contribution in [0.4, 0.5) is 5.82 Å². The Morgan fingerprint density at radius 2 is 1.72 bits per heavy atom. The van der Waals surface area contributed by atoms with Crippen LogP contribution in [-0.4, -0.2) is 44.8 Å². The number of guanidine groups is 1. The minimum absolute atomic E-state index is 0. The summed E-state index contributed by atoms with van der Waals surface area (Å²) in [7, 11) is 3.28. The van der Waals surface area contributed by atoms with Crippen LogP contribution in [0.1, 0.15) is 43.7 Å². The highest BCUT2D eigenvalue weighted by molar-refractivity contribution is 14.0. The van der Waals surface area contributed by atoms with Crippen molar-refractivity contribution < 1.29 is 9.47 Å². The van der Waals surface area contributed by atoms with E-state index in [9.17, 15) is 0 Å². The summed E-state index contributed by atoms with van der Waals surface area (Å²) in [6.07, 6.45) is 7.04. The first kappa shape index (κ1) is 26.0. The Labute approximate surface area is 209 Å². The predicted molar refractivity (Wildman–Crippen MR) is 142 cm³/mol. The molecule has 0 amide bonds. The Bertz CT molecular complexity index is 854. The standard InChI is InChI=1S/C24H35N5O2.HI/c1-4-25-24(27-17-19-9-10-21(30-2)22(15-19)31-3)28-18-20-11-12-26-23(16-20)29-13-7-5-6-8-14-29;/h9-12,15-16H,4-8,13-14,17-18H2,1-3H3,(H2,25,27,28);1H. The molecule has 1 aromatic heterocycles. The van der Waals surface area contributed by atoms with E-state index in [0.717, 1.165) is 42.7 Å². The molecule has 7 nitrogen and oxygen atoms in total. The van der Waals surface area contributed by atoms with Gasteiger partial charge < -0.3 is 25.0 Å². The summed E-state index contributed by atoms with van der Waals surface area (Å²) in [4.78, 5) is 11.7. The van der Waals surface area contributed by atoms with Crippen molar-refractivity contribution in [3.05, 3.63) is 47.7 Å². The van der Waals surface area contributed by atoms with Crippen molar-refractivity contribution in [2.75, 3.05) is 38.8 Å². The Balaban J connectivity index is 0.00000363. The van der Waals surface area contributed by atoms with Gasteiger partial charge in [0.05, 0.1) is 20.8 Å². The van der Waals surface area contributed by atoms with E-state index < -0.39 is 0 Å². The van der Waals surface area contributed by atoms with Crippen LogP contribution in [0.5, 0.6) is 11.5 Å². The van der Waals surface area contributed by atoms with Crippen LogP contribution in [0.25, 0.3) is 0 Å². The van der Waals surface area contributed by atoms with Crippen molar-refractivity contribution in [1.29, 1.82) is 0 Å². The molecule has 0 bridgehead atoms. The fourth-order valence-corrected chi connectivity index (χ4v) is 3.72. The zero-order valence-electron chi connectivity index (χ0n) is 19.4. The molecule has 3 rings (SSSR count). The Morgan fingerprint density at radius 3 is 2.41 bits per heavy atom. The Kier molecular flexibility index (Phi) is 11.4. The molecule has 0 aliphatic carbocycles. The van der Waals surface area contributed by atoms with Gasteiger partial charge in [-0.1, -0.05) is 18.9 Å². The third-order valence-corrected chi connectivity index (χ3v) is 5.41. The molecule has 8 heteroatoms. The maximum atomic E-state index is 5.39. The van der Waals surface area contributed by atoms with Crippen LogP contribution < -0.4 is 25.0 Å². The molecule has 1 saturated heterocycles. The molecular weight excluding hydrogens is 517 g/mol. The summed E-state index contributed by atoms with van der Waals surface area (Å²) < 4.78 is 10.7. The van der Waals surface area contributed by atoms with Gasteiger partial charge in [0.2, 0.25) is 0 Å². The van der Waals surface area contributed by atoms with E-state index in [1.54, 1.807) is 14.2 Å². The first-order valence-electron chi connectivity index (χ1n) is 11.2. The summed E-state index contributed by atoms with van der Waals surface area (Å²) in [6.45, 7) is 6.30. The number of rotatable bonds is 8. The van der Waals surface area contributed by atoms with Crippen molar-refractivity contribution in [2.45, 2.75) is 45.7 Å². The number of hydrogen-bond donors (Lipinski definition) is 2. The van der Waals surface area contributed by atoms with E-state index in [2.05, 4.69) is 39.6 Å². The molecule has 0 atom stereocenters. The minimum Gasteiger partial charge on any atom is -0.493 e. The lowest BCUT2D eigenvalue weighted by Crippen LogP contribution is -2.36. The molecule has 32 heavy (non-hydrogen) atoms. The second kappa shape index (κ2) is 14.0. The molecule has 1 aromatic carbocycles. The lowest BCUT2D eigenvalue weighted by Gasteiger charge is -2.22. The first-order chi connectivity index (χ1) is 15.2. The largest absolute Gasteiger partial charge is 0.493 e. The number of nitrogens with zero attached hydrogens (tertiary/aromatic N) is 3. The Morgan fingerprint density at radius 1 is 0.969 bits per heavy atom. The quantitative estimate of drug-likeness (QED) is 0.288. The number of halogens is 1. The van der Waals surface area contributed by atoms with Crippen molar-refractivity contribution >= 4 is 35.8 Å². The number of aromatic nitrogens is 1. The fourth-order valence-electron chi connectivity index (χ4n) is 3.72. The molecular formula is C24H36IN5O2. The van der Waals surface area contributed by atoms with Crippen LogP contribution >= 0.6 is 24.0 Å². The molecule has 0 saturated carbocycles. The topological polar surface area (TPSA) is 71.0 Å². The van der Waals surface area contributed by atoms with E-state index in [1.807, 2.05) is 24.4 Å². The number of hydrogen-bond acceptors (Lipinski definition) is 5. The van der Waals surface area contributed by atoms with E-state index in [1.165, 1.54) is 31.2 Å². The van der Waals surface area contributed by atoms with E-state index >= 15 is 0 Å². The van der Waals surface area contributed by atoms with Crippen LogP contribution in [0.3, 0.4) is 0 Å². The smallest absolute Gasteiger partial charge is 0.191 e. The van der Waals surface area contributed by atoms with Crippen molar-refractivity contribution in [3.63, 3.8) is 0 Å². The molecule has 2 N–H and O–H groups in total. The van der Waals surface area contributed by atoms with Gasteiger partial charge in [0, 0.05) is 32.4 Å². The van der Waals surface area contributed by atoms with Gasteiger partial charge in [-0.2, -0.15) is 0 Å². The SMILES string of the molecule is CCNC(=NCc1ccc(OC)c(OC)c1)NCc1ccnc(N2CCCCCC2)c1.I. The van der Waals surface area contributed by atoms with Gasteiger partial charge in [-0.15, -0.1) is 24.0 Å². The van der Waals surface area contributed by atoms with Gasteiger partial charge >= 0.3 is 0 Å². The van der Waals surface area contributed by atoms with Crippen LogP contribution in [-0.2, 0) is 13.1 Å². The monoisotopic (exact) mass is 553 g/mol. The molecule has 0 unspecified atom stereocenters. The highest BCUT2D eigenvalue weighted by atomic mass is 127. The molecule has 1 fully saturated rings. The number of aliphatic imine (C=N–C) groups is 1. The highest BCUT2D eigenvalue weighted by Gasteiger charge is 2.11. The predicted octanol–water partition coefficient (Wildman–Crippen LogP) is 4.35. The highest BCUT2D eigenvalue weighted by Crippen LogP contribution is 2.27. The number of methoxy groups -OCH3 is 2. The molecule has 1 aliphatic heterocycles. The van der Waals surface area contributed by atoms with Gasteiger partial charge in [0.25, 0.3) is 0 Å². The maximum Gasteiger partial charge on any atom is 0.191 e. The third-order valence-electron chi connectivity index (χ3n) is 5.41. The number of pyridine rings is 1. The fraction of sp³-hybridized carbons (Fsp3) is 0.500. The van der Waals surface area contributed by atoms with Crippen LogP contribution in [0.2, 0.25) is 0 Å². The van der Waals surface area contributed by atoms with Crippen molar-refractivity contribution in [3.8, 4) is 11.5 Å². The summed E-state index contributed by atoms with van der Waals surface area (Å²) in [5.41, 5.74) is 2.26. The summed E-state index contributed by atoms with van der Waals surface area (Å²) >= 11 is 0. The summed E-state index contributed by atoms with van der Waals surface area (Å²) in [5.74, 6) is 3.29. The number of benzene rings is 1. The maximum absolute atomic E-state index is 5.39. The van der Waals surface area contributed by atoms with E-state index in [4.69, 9.17) is 14.5 Å². The average molecular weight is 553 g/mol. The molecule has 0 radical (unpaired) electrons. The van der Waals surface area contributed by atoms with Gasteiger partial charge in [-0.05, 0) is 55.2 Å². The summed E-state index contributed by atoms with van der Waals surface area (Å²) in [5, 5.41) is 6.75. The van der Waals surface area contributed by atoms with Crippen LogP contribution in [0.15, 0.2) is 41.5 Å². The van der Waals surface area contributed by atoms with Crippen molar-refractivity contribution in [2.24, 2.45) is 4.99 Å². The summed E-state index contributed by atoms with van der Waals surface area (Å²) in [6, 6.07) is 10.1. The third kappa shape index (κ3) is 7.72. The second-order valence-electron chi connectivity index (χ2n) is 7.66. The number of nitrogens with one attached hydrogen (secondary N) is 2. The molecule has 0 spiro atoms. The van der Waals surface area contributed by atoms with E-state index in [0.29, 0.717) is 18.8 Å². The zero-order chi connectivity index (χ0) is 21.9. The molecule has 2 aromatic rings. The molecule has 2 heterocycles. The van der Waals surface area contributed by atoms with Gasteiger partial charge in [-0.3, -0.25) is 0 Å². The lowest BCUT2D eigenvalue weighted by atomic mass is 10.2. The van der Waals surface area contributed by atoms with Gasteiger partial charge in [0.1, 0.15) is 5.82 Å². The van der Waals surface area contributed by atoms with Gasteiger partial charge in [0.15, 0.2) is 17.5 Å². The van der Waals surface area contributed by atoms with Crippen molar-refractivity contribution in [1.82, 2.24) is 15.6 Å². The molecule has 1 aliphatic rings. The van der Waals surface area contributed by atoms with Gasteiger partial charge in [-0.25, -0.2) is 9.98 Å².